The average molecular weight is 344 g/mol. The van der Waals surface area contributed by atoms with Gasteiger partial charge in [0.15, 0.2) is 0 Å². The van der Waals surface area contributed by atoms with Gasteiger partial charge in [-0.25, -0.2) is 0 Å². The van der Waals surface area contributed by atoms with Gasteiger partial charge < -0.3 is 19.0 Å². The molecule has 0 atom stereocenters. The predicted octanol–water partition coefficient (Wildman–Crippen LogP) is 1.84. The van der Waals surface area contributed by atoms with Gasteiger partial charge in [-0.15, -0.1) is 10.2 Å². The molecule has 1 aromatic carbocycles. The van der Waals surface area contributed by atoms with Gasteiger partial charge in [-0.3, -0.25) is 4.79 Å². The van der Waals surface area contributed by atoms with Gasteiger partial charge in [0.2, 0.25) is 11.8 Å². The minimum Gasteiger partial charge on any atom is -0.496 e. The van der Waals surface area contributed by atoms with Crippen molar-refractivity contribution in [2.45, 2.75) is 19.8 Å². The van der Waals surface area contributed by atoms with Crippen LogP contribution in [0, 0.1) is 0 Å². The zero-order valence-corrected chi connectivity index (χ0v) is 14.8. The van der Waals surface area contributed by atoms with E-state index >= 15 is 0 Å². The van der Waals surface area contributed by atoms with E-state index in [2.05, 4.69) is 22.0 Å². The normalized spacial score (nSPS) is 15.4. The molecule has 7 nitrogen and oxygen atoms in total. The Morgan fingerprint density at radius 3 is 2.68 bits per heavy atom. The fourth-order valence-corrected chi connectivity index (χ4v) is 2.97. The van der Waals surface area contributed by atoms with Crippen LogP contribution in [0.4, 0.5) is 0 Å². The Morgan fingerprint density at radius 2 is 1.96 bits per heavy atom. The van der Waals surface area contributed by atoms with Crippen LogP contribution in [0.15, 0.2) is 28.7 Å². The summed E-state index contributed by atoms with van der Waals surface area (Å²) >= 11 is 0. The van der Waals surface area contributed by atoms with E-state index in [4.69, 9.17) is 9.15 Å². The standard InChI is InChI=1S/C18H24N4O3/c1-3-21-10-12-22(13-11-21)17(23)9-8-16-19-20-18(25-16)14-6-4-5-7-15(14)24-2/h4-7H,3,8-13H2,1-2H3. The molecular formula is C18H24N4O3. The summed E-state index contributed by atoms with van der Waals surface area (Å²) in [4.78, 5) is 16.6. The van der Waals surface area contributed by atoms with Crippen LogP contribution in [0.1, 0.15) is 19.2 Å². The molecule has 1 aromatic heterocycles. The molecule has 1 saturated heterocycles. The summed E-state index contributed by atoms with van der Waals surface area (Å²) in [7, 11) is 1.60. The van der Waals surface area contributed by atoms with Gasteiger partial charge in [0.05, 0.1) is 12.7 Å². The third kappa shape index (κ3) is 4.17. The Kier molecular flexibility index (Phi) is 5.65. The fourth-order valence-electron chi connectivity index (χ4n) is 2.97. The Labute approximate surface area is 147 Å². The summed E-state index contributed by atoms with van der Waals surface area (Å²) in [5.41, 5.74) is 0.755. The lowest BCUT2D eigenvalue weighted by atomic mass is 10.2. The maximum Gasteiger partial charge on any atom is 0.251 e. The van der Waals surface area contributed by atoms with E-state index in [0.717, 1.165) is 38.3 Å². The van der Waals surface area contributed by atoms with Crippen LogP contribution in [-0.4, -0.2) is 65.7 Å². The molecule has 0 unspecified atom stereocenters. The van der Waals surface area contributed by atoms with Crippen LogP contribution in [0.3, 0.4) is 0 Å². The number of rotatable bonds is 6. The molecule has 1 aliphatic heterocycles. The molecule has 2 heterocycles. The van der Waals surface area contributed by atoms with E-state index in [1.54, 1.807) is 7.11 Å². The second kappa shape index (κ2) is 8.11. The van der Waals surface area contributed by atoms with Crippen molar-refractivity contribution in [3.63, 3.8) is 0 Å². The number of carbonyl (C=O) groups excluding carboxylic acids is 1. The van der Waals surface area contributed by atoms with Crippen LogP contribution < -0.4 is 4.74 Å². The summed E-state index contributed by atoms with van der Waals surface area (Å²) in [5, 5.41) is 8.14. The van der Waals surface area contributed by atoms with Crippen molar-refractivity contribution in [3.8, 4) is 17.2 Å². The number of aryl methyl sites for hydroxylation is 1. The first-order valence-electron chi connectivity index (χ1n) is 8.67. The molecule has 1 fully saturated rings. The number of carbonyl (C=O) groups is 1. The Balaban J connectivity index is 1.56. The van der Waals surface area contributed by atoms with E-state index in [1.165, 1.54) is 0 Å². The molecule has 0 spiro atoms. The SMILES string of the molecule is CCN1CCN(C(=O)CCc2nnc(-c3ccccc3OC)o2)CC1. The smallest absolute Gasteiger partial charge is 0.251 e. The number of para-hydroxylation sites is 1. The Bertz CT molecular complexity index is 708. The first-order chi connectivity index (χ1) is 12.2. The number of amides is 1. The average Bonchev–Trinajstić information content (AvgIpc) is 3.15. The molecule has 2 aromatic rings. The summed E-state index contributed by atoms with van der Waals surface area (Å²) in [6.45, 7) is 6.66. The summed E-state index contributed by atoms with van der Waals surface area (Å²) in [5.74, 6) is 1.72. The quantitative estimate of drug-likeness (QED) is 0.796. The first kappa shape index (κ1) is 17.4. The molecule has 25 heavy (non-hydrogen) atoms. The number of piperazine rings is 1. The molecule has 0 N–H and O–H groups in total. The van der Waals surface area contributed by atoms with Crippen molar-refractivity contribution < 1.29 is 13.9 Å². The van der Waals surface area contributed by atoms with Gasteiger partial charge >= 0.3 is 0 Å². The molecule has 1 amide bonds. The molecule has 0 radical (unpaired) electrons. The van der Waals surface area contributed by atoms with Crippen molar-refractivity contribution in [2.75, 3.05) is 39.8 Å². The van der Waals surface area contributed by atoms with Crippen molar-refractivity contribution >= 4 is 5.91 Å². The number of methoxy groups -OCH3 is 1. The lowest BCUT2D eigenvalue weighted by Crippen LogP contribution is -2.48. The monoisotopic (exact) mass is 344 g/mol. The van der Waals surface area contributed by atoms with Gasteiger partial charge in [0.25, 0.3) is 5.89 Å². The van der Waals surface area contributed by atoms with Gasteiger partial charge in [-0.2, -0.15) is 0 Å². The van der Waals surface area contributed by atoms with Gasteiger partial charge in [-0.1, -0.05) is 19.1 Å². The number of hydrogen-bond donors (Lipinski definition) is 0. The van der Waals surface area contributed by atoms with Crippen LogP contribution in [0.2, 0.25) is 0 Å². The molecule has 3 rings (SSSR count). The lowest BCUT2D eigenvalue weighted by molar-refractivity contribution is -0.132. The zero-order valence-electron chi connectivity index (χ0n) is 14.8. The minimum absolute atomic E-state index is 0.146. The van der Waals surface area contributed by atoms with E-state index in [1.807, 2.05) is 29.2 Å². The van der Waals surface area contributed by atoms with Crippen molar-refractivity contribution in [1.82, 2.24) is 20.0 Å². The Morgan fingerprint density at radius 1 is 1.20 bits per heavy atom. The van der Waals surface area contributed by atoms with Crippen molar-refractivity contribution in [1.29, 1.82) is 0 Å². The molecule has 0 aliphatic carbocycles. The van der Waals surface area contributed by atoms with E-state index in [0.29, 0.717) is 30.4 Å². The van der Waals surface area contributed by atoms with Gasteiger partial charge in [0, 0.05) is 39.0 Å². The molecule has 0 saturated carbocycles. The zero-order chi connectivity index (χ0) is 17.6. The first-order valence-corrected chi connectivity index (χ1v) is 8.67. The van der Waals surface area contributed by atoms with Crippen molar-refractivity contribution in [3.05, 3.63) is 30.2 Å². The van der Waals surface area contributed by atoms with E-state index in [-0.39, 0.29) is 5.91 Å². The van der Waals surface area contributed by atoms with E-state index in [9.17, 15) is 4.79 Å². The lowest BCUT2D eigenvalue weighted by Gasteiger charge is -2.34. The maximum atomic E-state index is 12.3. The number of benzene rings is 1. The topological polar surface area (TPSA) is 71.7 Å². The van der Waals surface area contributed by atoms with Crippen LogP contribution in [0.25, 0.3) is 11.5 Å². The molecular weight excluding hydrogens is 320 g/mol. The van der Waals surface area contributed by atoms with Gasteiger partial charge in [0.1, 0.15) is 5.75 Å². The molecule has 134 valence electrons. The highest BCUT2D eigenvalue weighted by Gasteiger charge is 2.21. The largest absolute Gasteiger partial charge is 0.496 e. The molecule has 0 bridgehead atoms. The Hall–Kier alpha value is -2.41. The van der Waals surface area contributed by atoms with Crippen molar-refractivity contribution in [2.24, 2.45) is 0 Å². The number of ether oxygens (including phenoxy) is 1. The maximum absolute atomic E-state index is 12.3. The van der Waals surface area contributed by atoms with E-state index < -0.39 is 0 Å². The highest BCUT2D eigenvalue weighted by molar-refractivity contribution is 5.76. The van der Waals surface area contributed by atoms with Gasteiger partial charge in [-0.05, 0) is 18.7 Å². The van der Waals surface area contributed by atoms with Crippen LogP contribution >= 0.6 is 0 Å². The fraction of sp³-hybridized carbons (Fsp3) is 0.500. The van der Waals surface area contributed by atoms with Crippen LogP contribution in [-0.2, 0) is 11.2 Å². The second-order valence-electron chi connectivity index (χ2n) is 6.02. The number of nitrogens with zero attached hydrogens (tertiary/aromatic N) is 4. The number of likely N-dealkylation sites (N-methyl/N-ethyl adjacent to an activating group) is 1. The summed E-state index contributed by atoms with van der Waals surface area (Å²) in [6, 6.07) is 7.49. The number of aromatic nitrogens is 2. The van der Waals surface area contributed by atoms with Crippen LogP contribution in [0.5, 0.6) is 5.75 Å². The molecule has 7 heteroatoms. The molecule has 1 aliphatic rings. The highest BCUT2D eigenvalue weighted by Crippen LogP contribution is 2.28. The second-order valence-corrected chi connectivity index (χ2v) is 6.02. The summed E-state index contributed by atoms with van der Waals surface area (Å²) < 4.78 is 11.0. The third-order valence-electron chi connectivity index (χ3n) is 4.53. The summed E-state index contributed by atoms with van der Waals surface area (Å²) in [6.07, 6.45) is 0.842. The predicted molar refractivity (Wildman–Crippen MR) is 93.3 cm³/mol. The minimum atomic E-state index is 0.146. The third-order valence-corrected chi connectivity index (χ3v) is 4.53. The number of hydrogen-bond acceptors (Lipinski definition) is 6. The highest BCUT2D eigenvalue weighted by atomic mass is 16.5.